The van der Waals surface area contributed by atoms with Crippen LogP contribution in [0.4, 0.5) is 0 Å². The summed E-state index contributed by atoms with van der Waals surface area (Å²) in [6.45, 7) is 4.38. The third kappa shape index (κ3) is 19.2. The molecule has 13 heteroatoms. The molecule has 10 nitrogen and oxygen atoms in total. The molecule has 0 aliphatic rings. The number of rotatable bonds is 24. The molecule has 0 spiro atoms. The van der Waals surface area contributed by atoms with Gasteiger partial charge in [-0.1, -0.05) is 152 Å². The van der Waals surface area contributed by atoms with Crippen LogP contribution in [0.1, 0.15) is 128 Å². The van der Waals surface area contributed by atoms with Gasteiger partial charge in [-0.2, -0.15) is 8.42 Å². The van der Waals surface area contributed by atoms with E-state index >= 15 is 0 Å². The van der Waals surface area contributed by atoms with E-state index in [1.807, 2.05) is 6.07 Å². The van der Waals surface area contributed by atoms with Gasteiger partial charge >= 0.3 is 37.7 Å². The van der Waals surface area contributed by atoms with Crippen molar-refractivity contribution in [2.45, 2.75) is 139 Å². The molecule has 0 fully saturated rings. The first-order chi connectivity index (χ1) is 26.8. The summed E-state index contributed by atoms with van der Waals surface area (Å²) in [6.07, 6.45) is 18.8. The minimum atomic E-state index is -4.69. The van der Waals surface area contributed by atoms with Crippen molar-refractivity contribution in [1.29, 1.82) is 0 Å². The number of para-hydroxylation sites is 2. The Labute approximate surface area is 370 Å². The minimum Gasteiger partial charge on any atom is -0.870 e. The second-order valence-electron chi connectivity index (χ2n) is 14.0. The Bertz CT molecular complexity index is 1810. The van der Waals surface area contributed by atoms with Crippen molar-refractivity contribution >= 4 is 58.0 Å². The maximum absolute atomic E-state index is 12.3. The van der Waals surface area contributed by atoms with Gasteiger partial charge in [0.05, 0.1) is 4.90 Å². The van der Waals surface area contributed by atoms with Gasteiger partial charge < -0.3 is 24.2 Å². The summed E-state index contributed by atoms with van der Waals surface area (Å²) in [5.74, 6) is 0.148. The number of hydrogen-bond donors (Lipinski definition) is 2. The summed E-state index contributed by atoms with van der Waals surface area (Å²) in [5.41, 5.74) is 0.692. The maximum atomic E-state index is 12.3. The molecule has 4 aromatic rings. The van der Waals surface area contributed by atoms with E-state index in [1.54, 1.807) is 54.6 Å². The molecule has 0 radical (unpaired) electrons. The van der Waals surface area contributed by atoms with Gasteiger partial charge in [-0.15, -0.1) is 0 Å². The molecule has 57 heavy (non-hydrogen) atoms. The molecular weight excluding hydrogens is 793 g/mol. The summed E-state index contributed by atoms with van der Waals surface area (Å²) in [5, 5.41) is 22.6. The van der Waals surface area contributed by atoms with Crippen LogP contribution in [0.15, 0.2) is 94.7 Å². The van der Waals surface area contributed by atoms with Crippen molar-refractivity contribution in [3.05, 3.63) is 96.1 Å². The van der Waals surface area contributed by atoms with E-state index in [2.05, 4.69) is 13.8 Å². The van der Waals surface area contributed by atoms with Crippen LogP contribution in [0.25, 0.3) is 0 Å². The molecule has 4 aromatic carbocycles. The molecule has 4 rings (SSSR count). The average Bonchev–Trinajstić information content (AvgIpc) is 3.16. The van der Waals surface area contributed by atoms with E-state index in [1.165, 1.54) is 76.0 Å². The van der Waals surface area contributed by atoms with Gasteiger partial charge in [0.2, 0.25) is 0 Å². The monoisotopic (exact) mass is 850 g/mol. The second-order valence-corrected chi connectivity index (χ2v) is 16.8. The smallest absolute Gasteiger partial charge is 0.870 e. The Balaban J connectivity index is 0.000000387. The number of aromatic hydroxyl groups is 1. The largest absolute Gasteiger partial charge is 2.00 e. The normalized spacial score (nSPS) is 11.3. The molecule has 2 N–H and O–H groups in total. The molecule has 0 bridgehead atoms. The molecule has 0 unspecified atom stereocenters. The van der Waals surface area contributed by atoms with Gasteiger partial charge in [-0.25, -0.2) is 8.42 Å². The standard InChI is InChI=1S/2C22H30O5S.Ca/c2*1-2-3-4-5-6-7-8-10-13-18-16-20(23)21(17-22(18)28(24,25)26)27-19-14-11-9-12-15-19;/h2*9,11-12,14-17,23H,2-8,10,13H2,1H3,(H,24,25,26);/q;;+2/p-2. The fraction of sp³-hybridized carbons (Fsp3) is 0.455. The first-order valence-corrected chi connectivity index (χ1v) is 22.8. The third-order valence-corrected chi connectivity index (χ3v) is 11.2. The maximum Gasteiger partial charge on any atom is 2.00 e. The Hall–Kier alpha value is -2.84. The van der Waals surface area contributed by atoms with Gasteiger partial charge in [0.25, 0.3) is 10.1 Å². The Kier molecular flexibility index (Phi) is 23.8. The van der Waals surface area contributed by atoms with E-state index in [9.17, 15) is 36.2 Å². The predicted octanol–water partition coefficient (Wildman–Crippen LogP) is 10.9. The van der Waals surface area contributed by atoms with Gasteiger partial charge in [-0.3, -0.25) is 4.55 Å². The first kappa shape index (κ1) is 50.3. The van der Waals surface area contributed by atoms with Crippen molar-refractivity contribution in [3.8, 4) is 34.5 Å². The number of unbranched alkanes of at least 4 members (excludes halogenated alkanes) is 14. The van der Waals surface area contributed by atoms with E-state index in [4.69, 9.17) is 9.47 Å². The average molecular weight is 851 g/mol. The molecule has 0 heterocycles. The fourth-order valence-corrected chi connectivity index (χ4v) is 7.81. The molecule has 0 saturated carbocycles. The van der Waals surface area contributed by atoms with Crippen LogP contribution in [0.3, 0.4) is 0 Å². The SMILES string of the molecule is CCCCCCCCCCc1cc(O)c(Oc2ccccc2)cc1S(=O)(=O)O.CCCCCCCCCCc1cc([O-])c(Oc2ccccc2)cc1S(=O)(=O)[O-].[Ca+2]. The molecular formula is C44H58CaO10S2. The quantitative estimate of drug-likeness (QED) is 0.0392. The van der Waals surface area contributed by atoms with E-state index in [0.717, 1.165) is 51.0 Å². The number of ether oxygens (including phenoxy) is 2. The number of phenolic OH excluding ortho intramolecular Hbond substituents is 1. The molecule has 0 aliphatic heterocycles. The molecule has 0 aliphatic carbocycles. The Morgan fingerprint density at radius 3 is 1.35 bits per heavy atom. The summed E-state index contributed by atoms with van der Waals surface area (Å²) < 4.78 is 79.4. The van der Waals surface area contributed by atoms with Gasteiger partial charge in [0.1, 0.15) is 32.3 Å². The van der Waals surface area contributed by atoms with E-state index in [-0.39, 0.29) is 70.3 Å². The van der Waals surface area contributed by atoms with Crippen molar-refractivity contribution in [2.75, 3.05) is 0 Å². The predicted molar refractivity (Wildman–Crippen MR) is 223 cm³/mol. The molecule has 0 amide bonds. The van der Waals surface area contributed by atoms with Crippen molar-refractivity contribution in [2.24, 2.45) is 0 Å². The summed E-state index contributed by atoms with van der Waals surface area (Å²) in [6, 6.07) is 22.2. The number of hydrogen-bond acceptors (Lipinski definition) is 9. The second kappa shape index (κ2) is 27.0. The van der Waals surface area contributed by atoms with Gasteiger partial charge in [0, 0.05) is 6.07 Å². The molecule has 308 valence electrons. The van der Waals surface area contributed by atoms with E-state index in [0.29, 0.717) is 29.9 Å². The van der Waals surface area contributed by atoms with Crippen molar-refractivity contribution < 1.29 is 45.6 Å². The van der Waals surface area contributed by atoms with Gasteiger partial charge in [-0.05, 0) is 73.2 Å². The fourth-order valence-electron chi connectivity index (χ4n) is 6.33. The summed E-state index contributed by atoms with van der Waals surface area (Å²) >= 11 is 0. The molecule has 0 aromatic heterocycles. The van der Waals surface area contributed by atoms with Gasteiger partial charge in [0.15, 0.2) is 11.5 Å². The van der Waals surface area contributed by atoms with Crippen LogP contribution in [0.5, 0.6) is 34.5 Å². The van der Waals surface area contributed by atoms with Crippen LogP contribution < -0.4 is 14.6 Å². The first-order valence-electron chi connectivity index (χ1n) is 19.9. The van der Waals surface area contributed by atoms with Crippen LogP contribution in [-0.4, -0.2) is 68.8 Å². The molecule has 0 atom stereocenters. The van der Waals surface area contributed by atoms with Crippen molar-refractivity contribution in [3.63, 3.8) is 0 Å². The molecule has 0 saturated heterocycles. The number of benzene rings is 4. The topological polar surface area (TPSA) is 173 Å². The Morgan fingerprint density at radius 2 is 0.930 bits per heavy atom. The number of phenols is 1. The minimum absolute atomic E-state index is 0. The zero-order valence-electron chi connectivity index (χ0n) is 33.5. The summed E-state index contributed by atoms with van der Waals surface area (Å²) in [4.78, 5) is -0.569. The number of aryl methyl sites for hydroxylation is 2. The van der Waals surface area contributed by atoms with Crippen LogP contribution >= 0.6 is 0 Å². The van der Waals surface area contributed by atoms with Crippen LogP contribution in [-0.2, 0) is 33.1 Å². The Morgan fingerprint density at radius 1 is 0.544 bits per heavy atom. The van der Waals surface area contributed by atoms with Crippen molar-refractivity contribution in [1.82, 2.24) is 0 Å². The summed E-state index contributed by atoms with van der Waals surface area (Å²) in [7, 11) is -9.11. The van der Waals surface area contributed by atoms with Crippen LogP contribution in [0.2, 0.25) is 0 Å². The zero-order valence-corrected chi connectivity index (χ0v) is 37.3. The van der Waals surface area contributed by atoms with Crippen LogP contribution in [0, 0.1) is 0 Å². The third-order valence-electron chi connectivity index (χ3n) is 9.36. The zero-order chi connectivity index (χ0) is 40.8. The van der Waals surface area contributed by atoms with E-state index < -0.39 is 26.0 Å².